The van der Waals surface area contributed by atoms with Crippen molar-refractivity contribution in [2.75, 3.05) is 31.2 Å². The minimum atomic E-state index is 0.774. The second kappa shape index (κ2) is 6.72. The molecule has 112 valence electrons. The largest absolute Gasteiger partial charge is 0.378 e. The van der Waals surface area contributed by atoms with Gasteiger partial charge in [-0.1, -0.05) is 30.3 Å². The highest BCUT2D eigenvalue weighted by Crippen LogP contribution is 2.14. The Hall–Kier alpha value is -1.88. The molecule has 5 heteroatoms. The van der Waals surface area contributed by atoms with Gasteiger partial charge in [-0.3, -0.25) is 0 Å². The topological polar surface area (TPSA) is 43.2 Å². The van der Waals surface area contributed by atoms with Crippen LogP contribution >= 0.6 is 0 Å². The molecule has 0 aliphatic carbocycles. The fourth-order valence-corrected chi connectivity index (χ4v) is 2.67. The fourth-order valence-electron chi connectivity index (χ4n) is 2.67. The van der Waals surface area contributed by atoms with E-state index in [1.54, 1.807) is 0 Å². The maximum Gasteiger partial charge on any atom is 0.223 e. The summed E-state index contributed by atoms with van der Waals surface area (Å²) in [5.74, 6) is 1.91. The van der Waals surface area contributed by atoms with Crippen molar-refractivity contribution >= 4 is 5.95 Å². The fraction of sp³-hybridized carbons (Fsp3) is 0.500. The minimum absolute atomic E-state index is 0.774. The van der Waals surface area contributed by atoms with E-state index in [0.717, 1.165) is 57.3 Å². The van der Waals surface area contributed by atoms with E-state index in [-0.39, 0.29) is 0 Å². The van der Waals surface area contributed by atoms with Crippen LogP contribution in [0.25, 0.3) is 0 Å². The molecule has 1 aliphatic rings. The Labute approximate surface area is 125 Å². The van der Waals surface area contributed by atoms with E-state index in [4.69, 9.17) is 4.74 Å². The molecular formula is C16H22N4O. The number of ether oxygens (including phenoxy) is 1. The predicted molar refractivity (Wildman–Crippen MR) is 82.5 cm³/mol. The first-order valence-corrected chi connectivity index (χ1v) is 7.59. The van der Waals surface area contributed by atoms with Crippen molar-refractivity contribution in [3.05, 3.63) is 41.7 Å². The van der Waals surface area contributed by atoms with E-state index in [1.165, 1.54) is 5.56 Å². The first-order chi connectivity index (χ1) is 10.3. The van der Waals surface area contributed by atoms with Crippen LogP contribution in [0.2, 0.25) is 0 Å². The van der Waals surface area contributed by atoms with Crippen molar-refractivity contribution in [3.63, 3.8) is 0 Å². The van der Waals surface area contributed by atoms with Crippen LogP contribution in [-0.4, -0.2) is 41.1 Å². The summed E-state index contributed by atoms with van der Waals surface area (Å²) in [5.41, 5.74) is 1.38. The van der Waals surface area contributed by atoms with Crippen LogP contribution in [-0.2, 0) is 24.6 Å². The van der Waals surface area contributed by atoms with E-state index < -0.39 is 0 Å². The van der Waals surface area contributed by atoms with Crippen LogP contribution in [0, 0.1) is 0 Å². The zero-order valence-corrected chi connectivity index (χ0v) is 12.5. The van der Waals surface area contributed by atoms with Crippen molar-refractivity contribution in [1.82, 2.24) is 14.8 Å². The molecule has 1 fully saturated rings. The van der Waals surface area contributed by atoms with Crippen molar-refractivity contribution in [3.8, 4) is 0 Å². The molecule has 0 spiro atoms. The summed E-state index contributed by atoms with van der Waals surface area (Å²) in [4.78, 5) is 6.93. The number of hydrogen-bond donors (Lipinski definition) is 0. The molecule has 1 aliphatic heterocycles. The Kier molecular flexibility index (Phi) is 4.50. The van der Waals surface area contributed by atoms with Gasteiger partial charge in [0.25, 0.3) is 0 Å². The summed E-state index contributed by atoms with van der Waals surface area (Å²) in [7, 11) is 1.97. The standard InChI is InChI=1S/C16H22N4O/c1-19-16(20-10-12-21-13-11-20)17-15(18-19)9-5-8-14-6-3-2-4-7-14/h2-4,6-7H,5,8-13H2,1H3. The lowest BCUT2D eigenvalue weighted by molar-refractivity contribution is 0.121. The molecule has 0 unspecified atom stereocenters. The average Bonchev–Trinajstić information content (AvgIpc) is 2.90. The number of hydrogen-bond acceptors (Lipinski definition) is 4. The predicted octanol–water partition coefficient (Wildman–Crippen LogP) is 1.83. The lowest BCUT2D eigenvalue weighted by atomic mass is 10.1. The molecule has 0 radical (unpaired) electrons. The molecule has 2 heterocycles. The maximum absolute atomic E-state index is 5.38. The van der Waals surface area contributed by atoms with Gasteiger partial charge in [0, 0.05) is 26.6 Å². The molecule has 0 atom stereocenters. The van der Waals surface area contributed by atoms with Gasteiger partial charge in [-0.2, -0.15) is 10.1 Å². The van der Waals surface area contributed by atoms with Crippen LogP contribution in [0.3, 0.4) is 0 Å². The van der Waals surface area contributed by atoms with Crippen LogP contribution in [0.4, 0.5) is 5.95 Å². The van der Waals surface area contributed by atoms with Crippen molar-refractivity contribution in [1.29, 1.82) is 0 Å². The van der Waals surface area contributed by atoms with Gasteiger partial charge in [0.2, 0.25) is 5.95 Å². The highest BCUT2D eigenvalue weighted by molar-refractivity contribution is 5.30. The molecule has 5 nitrogen and oxygen atoms in total. The molecule has 0 bridgehead atoms. The van der Waals surface area contributed by atoms with Crippen LogP contribution in [0.5, 0.6) is 0 Å². The Balaban J connectivity index is 1.56. The van der Waals surface area contributed by atoms with Gasteiger partial charge in [-0.25, -0.2) is 4.68 Å². The van der Waals surface area contributed by atoms with Gasteiger partial charge in [0.15, 0.2) is 5.82 Å². The lowest BCUT2D eigenvalue weighted by Gasteiger charge is -2.26. The Morgan fingerprint density at radius 1 is 1.10 bits per heavy atom. The molecule has 1 aromatic heterocycles. The Morgan fingerprint density at radius 2 is 1.86 bits per heavy atom. The molecular weight excluding hydrogens is 264 g/mol. The van der Waals surface area contributed by atoms with Gasteiger partial charge in [-0.15, -0.1) is 0 Å². The number of rotatable bonds is 5. The monoisotopic (exact) mass is 286 g/mol. The second-order valence-corrected chi connectivity index (χ2v) is 5.39. The third-order valence-corrected chi connectivity index (χ3v) is 3.79. The van der Waals surface area contributed by atoms with Crippen LogP contribution < -0.4 is 4.90 Å². The van der Waals surface area contributed by atoms with E-state index in [0.29, 0.717) is 0 Å². The van der Waals surface area contributed by atoms with Crippen LogP contribution in [0.15, 0.2) is 30.3 Å². The third kappa shape index (κ3) is 3.61. The van der Waals surface area contributed by atoms with Crippen LogP contribution in [0.1, 0.15) is 17.8 Å². The van der Waals surface area contributed by atoms with Gasteiger partial charge < -0.3 is 9.64 Å². The molecule has 2 aromatic rings. The number of nitrogens with zero attached hydrogens (tertiary/aromatic N) is 4. The minimum Gasteiger partial charge on any atom is -0.378 e. The molecule has 21 heavy (non-hydrogen) atoms. The first kappa shape index (κ1) is 14.1. The zero-order valence-electron chi connectivity index (χ0n) is 12.5. The first-order valence-electron chi connectivity index (χ1n) is 7.59. The number of aromatic nitrogens is 3. The summed E-state index contributed by atoms with van der Waals surface area (Å²) in [6.07, 6.45) is 3.08. The SMILES string of the molecule is Cn1nc(CCCc2ccccc2)nc1N1CCOCC1. The van der Waals surface area contributed by atoms with E-state index in [9.17, 15) is 0 Å². The Bertz CT molecular complexity index is 561. The molecule has 0 N–H and O–H groups in total. The van der Waals surface area contributed by atoms with E-state index >= 15 is 0 Å². The van der Waals surface area contributed by atoms with Gasteiger partial charge >= 0.3 is 0 Å². The smallest absolute Gasteiger partial charge is 0.223 e. The number of benzene rings is 1. The second-order valence-electron chi connectivity index (χ2n) is 5.39. The molecule has 0 saturated carbocycles. The van der Waals surface area contributed by atoms with Gasteiger partial charge in [-0.05, 0) is 18.4 Å². The number of morpholine rings is 1. The average molecular weight is 286 g/mol. The highest BCUT2D eigenvalue weighted by Gasteiger charge is 2.17. The summed E-state index contributed by atoms with van der Waals surface area (Å²) in [5, 5.41) is 4.54. The quantitative estimate of drug-likeness (QED) is 0.841. The normalized spacial score (nSPS) is 15.4. The van der Waals surface area contributed by atoms with Gasteiger partial charge in [0.1, 0.15) is 0 Å². The summed E-state index contributed by atoms with van der Waals surface area (Å²) >= 11 is 0. The molecule has 0 amide bonds. The highest BCUT2D eigenvalue weighted by atomic mass is 16.5. The van der Waals surface area contributed by atoms with Crippen molar-refractivity contribution < 1.29 is 4.74 Å². The lowest BCUT2D eigenvalue weighted by Crippen LogP contribution is -2.37. The third-order valence-electron chi connectivity index (χ3n) is 3.79. The maximum atomic E-state index is 5.38. The van der Waals surface area contributed by atoms with E-state index in [1.807, 2.05) is 11.7 Å². The van der Waals surface area contributed by atoms with Gasteiger partial charge in [0.05, 0.1) is 13.2 Å². The summed E-state index contributed by atoms with van der Waals surface area (Å²) < 4.78 is 7.27. The number of anilines is 1. The summed E-state index contributed by atoms with van der Waals surface area (Å²) in [6.45, 7) is 3.35. The summed E-state index contributed by atoms with van der Waals surface area (Å²) in [6, 6.07) is 10.6. The van der Waals surface area contributed by atoms with Crippen molar-refractivity contribution in [2.45, 2.75) is 19.3 Å². The molecule has 1 aromatic carbocycles. The van der Waals surface area contributed by atoms with Crippen molar-refractivity contribution in [2.24, 2.45) is 7.05 Å². The zero-order chi connectivity index (χ0) is 14.5. The molecule has 3 rings (SSSR count). The molecule has 1 saturated heterocycles. The Morgan fingerprint density at radius 3 is 2.62 bits per heavy atom. The number of aryl methyl sites for hydroxylation is 3. The van der Waals surface area contributed by atoms with E-state index in [2.05, 4.69) is 45.3 Å².